The number of ether oxygens (including phenoxy) is 2. The number of carbonyl (C=O) groups is 2. The monoisotopic (exact) mass is 358 g/mol. The van der Waals surface area contributed by atoms with Gasteiger partial charge in [0.25, 0.3) is 11.6 Å². The van der Waals surface area contributed by atoms with Crippen LogP contribution in [0.2, 0.25) is 0 Å². The molecule has 2 rings (SSSR count). The predicted octanol–water partition coefficient (Wildman–Crippen LogP) is 3.10. The Morgan fingerprint density at radius 2 is 1.81 bits per heavy atom. The molecule has 0 aliphatic heterocycles. The fraction of sp³-hybridized carbons (Fsp3) is 0.222. The number of nitro groups is 1. The molecular weight excluding hydrogens is 340 g/mol. The normalized spacial score (nSPS) is 11.3. The van der Waals surface area contributed by atoms with Crippen LogP contribution in [0.5, 0.6) is 5.75 Å². The van der Waals surface area contributed by atoms with E-state index >= 15 is 0 Å². The van der Waals surface area contributed by atoms with Crippen molar-refractivity contribution < 1.29 is 24.0 Å². The number of hydrogen-bond acceptors (Lipinski definition) is 6. The van der Waals surface area contributed by atoms with E-state index in [9.17, 15) is 19.7 Å². The van der Waals surface area contributed by atoms with Gasteiger partial charge in [0.15, 0.2) is 6.10 Å². The Balaban J connectivity index is 2.10. The molecule has 1 amide bonds. The first-order valence-corrected chi connectivity index (χ1v) is 7.72. The fourth-order valence-electron chi connectivity index (χ4n) is 2.13. The standard InChI is InChI=1S/C18H18N2O6/c1-11-4-6-13(7-5-11)19-17(21)12(2)26-18(22)15-10-14(20(23)24)8-9-16(15)25-3/h4-10,12H,1-3H3,(H,19,21)/t12-/m0/s1. The van der Waals surface area contributed by atoms with Crippen LogP contribution in [0, 0.1) is 17.0 Å². The molecule has 1 atom stereocenters. The predicted molar refractivity (Wildman–Crippen MR) is 94.3 cm³/mol. The molecule has 26 heavy (non-hydrogen) atoms. The summed E-state index contributed by atoms with van der Waals surface area (Å²) in [7, 11) is 1.32. The number of carbonyl (C=O) groups excluding carboxylic acids is 2. The molecule has 8 nitrogen and oxygen atoms in total. The van der Waals surface area contributed by atoms with Crippen molar-refractivity contribution in [2.75, 3.05) is 12.4 Å². The number of non-ortho nitro benzene ring substituents is 1. The van der Waals surface area contributed by atoms with E-state index in [4.69, 9.17) is 9.47 Å². The molecule has 0 spiro atoms. The summed E-state index contributed by atoms with van der Waals surface area (Å²) in [6, 6.07) is 10.7. The Labute approximate surface area is 149 Å². The van der Waals surface area contributed by atoms with Gasteiger partial charge in [-0.05, 0) is 32.0 Å². The molecule has 2 aromatic rings. The van der Waals surface area contributed by atoms with Gasteiger partial charge in [-0.15, -0.1) is 0 Å². The second kappa shape index (κ2) is 8.11. The van der Waals surface area contributed by atoms with Gasteiger partial charge in [0, 0.05) is 17.8 Å². The van der Waals surface area contributed by atoms with E-state index in [1.807, 2.05) is 19.1 Å². The van der Waals surface area contributed by atoms with Crippen LogP contribution in [0.15, 0.2) is 42.5 Å². The van der Waals surface area contributed by atoms with Crippen LogP contribution in [-0.4, -0.2) is 30.0 Å². The average molecular weight is 358 g/mol. The van der Waals surface area contributed by atoms with Crippen LogP contribution in [0.1, 0.15) is 22.8 Å². The molecule has 1 N–H and O–H groups in total. The quantitative estimate of drug-likeness (QED) is 0.483. The largest absolute Gasteiger partial charge is 0.496 e. The number of aryl methyl sites for hydroxylation is 1. The molecule has 0 radical (unpaired) electrons. The molecule has 0 saturated heterocycles. The van der Waals surface area contributed by atoms with Gasteiger partial charge in [-0.3, -0.25) is 14.9 Å². The van der Waals surface area contributed by atoms with Crippen molar-refractivity contribution in [3.8, 4) is 5.75 Å². The molecular formula is C18H18N2O6. The van der Waals surface area contributed by atoms with E-state index < -0.39 is 22.9 Å². The van der Waals surface area contributed by atoms with Gasteiger partial charge in [0.2, 0.25) is 0 Å². The van der Waals surface area contributed by atoms with Crippen molar-refractivity contribution in [1.29, 1.82) is 0 Å². The van der Waals surface area contributed by atoms with Gasteiger partial charge in [0.05, 0.1) is 12.0 Å². The van der Waals surface area contributed by atoms with E-state index in [2.05, 4.69) is 5.32 Å². The minimum atomic E-state index is -1.10. The minimum Gasteiger partial charge on any atom is -0.496 e. The Kier molecular flexibility index (Phi) is 5.90. The van der Waals surface area contributed by atoms with Gasteiger partial charge in [0.1, 0.15) is 11.3 Å². The molecule has 0 heterocycles. The molecule has 0 aromatic heterocycles. The third-order valence-electron chi connectivity index (χ3n) is 3.59. The van der Waals surface area contributed by atoms with Crippen LogP contribution < -0.4 is 10.1 Å². The maximum Gasteiger partial charge on any atom is 0.342 e. The van der Waals surface area contributed by atoms with Crippen LogP contribution in [0.3, 0.4) is 0 Å². The second-order valence-corrected chi connectivity index (χ2v) is 5.54. The zero-order valence-corrected chi connectivity index (χ0v) is 14.5. The number of anilines is 1. The van der Waals surface area contributed by atoms with Gasteiger partial charge in [-0.1, -0.05) is 17.7 Å². The van der Waals surface area contributed by atoms with Crippen molar-refractivity contribution in [2.45, 2.75) is 20.0 Å². The van der Waals surface area contributed by atoms with Crippen molar-refractivity contribution in [2.24, 2.45) is 0 Å². The molecule has 8 heteroatoms. The van der Waals surface area contributed by atoms with Crippen molar-refractivity contribution >= 4 is 23.3 Å². The van der Waals surface area contributed by atoms with Crippen molar-refractivity contribution in [3.63, 3.8) is 0 Å². The lowest BCUT2D eigenvalue weighted by molar-refractivity contribution is -0.384. The zero-order chi connectivity index (χ0) is 19.3. The van der Waals surface area contributed by atoms with E-state index in [0.717, 1.165) is 11.6 Å². The Morgan fingerprint density at radius 1 is 1.15 bits per heavy atom. The molecule has 0 aliphatic rings. The van der Waals surface area contributed by atoms with Gasteiger partial charge >= 0.3 is 5.97 Å². The van der Waals surface area contributed by atoms with E-state index in [1.165, 1.54) is 26.2 Å². The SMILES string of the molecule is COc1ccc([N+](=O)[O-])cc1C(=O)O[C@@H](C)C(=O)Nc1ccc(C)cc1. The summed E-state index contributed by atoms with van der Waals surface area (Å²) < 4.78 is 10.1. The highest BCUT2D eigenvalue weighted by atomic mass is 16.6. The summed E-state index contributed by atoms with van der Waals surface area (Å²) in [4.78, 5) is 34.7. The zero-order valence-electron chi connectivity index (χ0n) is 14.5. The highest BCUT2D eigenvalue weighted by Crippen LogP contribution is 2.25. The first kappa shape index (κ1) is 18.9. The number of methoxy groups -OCH3 is 1. The maximum atomic E-state index is 12.3. The van der Waals surface area contributed by atoms with Crippen molar-refractivity contribution in [3.05, 3.63) is 63.7 Å². The second-order valence-electron chi connectivity index (χ2n) is 5.54. The summed E-state index contributed by atoms with van der Waals surface area (Å²) in [6.45, 7) is 3.33. The van der Waals surface area contributed by atoms with E-state index in [1.54, 1.807) is 12.1 Å². The fourth-order valence-corrected chi connectivity index (χ4v) is 2.13. The number of rotatable bonds is 6. The summed E-state index contributed by atoms with van der Waals surface area (Å²) in [5, 5.41) is 13.5. The van der Waals surface area contributed by atoms with Crippen LogP contribution >= 0.6 is 0 Å². The first-order chi connectivity index (χ1) is 12.3. The average Bonchev–Trinajstić information content (AvgIpc) is 2.62. The maximum absolute atomic E-state index is 12.3. The molecule has 136 valence electrons. The number of esters is 1. The Bertz CT molecular complexity index is 832. The summed E-state index contributed by atoms with van der Waals surface area (Å²) in [6.07, 6.45) is -1.10. The third kappa shape index (κ3) is 4.56. The molecule has 0 fully saturated rings. The highest BCUT2D eigenvalue weighted by molar-refractivity contribution is 5.98. The molecule has 0 unspecified atom stereocenters. The minimum absolute atomic E-state index is 0.117. The molecule has 0 bridgehead atoms. The van der Waals surface area contributed by atoms with E-state index in [0.29, 0.717) is 5.69 Å². The van der Waals surface area contributed by atoms with Gasteiger partial charge in [-0.2, -0.15) is 0 Å². The summed E-state index contributed by atoms with van der Waals surface area (Å²) in [5.74, 6) is -1.30. The summed E-state index contributed by atoms with van der Waals surface area (Å²) in [5.41, 5.74) is 1.20. The van der Waals surface area contributed by atoms with Gasteiger partial charge < -0.3 is 14.8 Å². The van der Waals surface area contributed by atoms with Crippen LogP contribution in [-0.2, 0) is 9.53 Å². The number of amides is 1. The summed E-state index contributed by atoms with van der Waals surface area (Å²) >= 11 is 0. The number of hydrogen-bond donors (Lipinski definition) is 1. The number of nitrogens with zero attached hydrogens (tertiary/aromatic N) is 1. The van der Waals surface area contributed by atoms with E-state index in [-0.39, 0.29) is 17.0 Å². The molecule has 0 saturated carbocycles. The Morgan fingerprint density at radius 3 is 2.38 bits per heavy atom. The Hall–Kier alpha value is -3.42. The molecule has 0 aliphatic carbocycles. The lowest BCUT2D eigenvalue weighted by Gasteiger charge is -2.15. The number of benzene rings is 2. The van der Waals surface area contributed by atoms with Crippen LogP contribution in [0.25, 0.3) is 0 Å². The first-order valence-electron chi connectivity index (χ1n) is 7.72. The van der Waals surface area contributed by atoms with Gasteiger partial charge in [-0.25, -0.2) is 4.79 Å². The lowest BCUT2D eigenvalue weighted by Crippen LogP contribution is -2.30. The van der Waals surface area contributed by atoms with Crippen LogP contribution in [0.4, 0.5) is 11.4 Å². The highest BCUT2D eigenvalue weighted by Gasteiger charge is 2.23. The third-order valence-corrected chi connectivity index (χ3v) is 3.59. The molecule has 2 aromatic carbocycles. The lowest BCUT2D eigenvalue weighted by atomic mass is 10.1. The smallest absolute Gasteiger partial charge is 0.342 e. The van der Waals surface area contributed by atoms with Crippen molar-refractivity contribution in [1.82, 2.24) is 0 Å². The number of nitro benzene ring substituents is 1. The number of nitrogens with one attached hydrogen (secondary N) is 1. The topological polar surface area (TPSA) is 108 Å².